The smallest absolute Gasteiger partial charge is 0.281 e. The second-order valence-electron chi connectivity index (χ2n) is 10.8. The SMILES string of the molecule is CN(C)S(=O)(=O)N1CCC[C@H](C(=O)Nc2ccc(C34CC5CC(CC(C5)C3)C4)cc2)C1. The van der Waals surface area contributed by atoms with Crippen molar-refractivity contribution in [3.63, 3.8) is 0 Å². The fourth-order valence-electron chi connectivity index (χ4n) is 7.21. The molecule has 1 atom stereocenters. The highest BCUT2D eigenvalue weighted by Gasteiger charge is 2.51. The van der Waals surface area contributed by atoms with E-state index < -0.39 is 10.2 Å². The molecule has 6 rings (SSSR count). The van der Waals surface area contributed by atoms with Gasteiger partial charge in [-0.25, -0.2) is 0 Å². The topological polar surface area (TPSA) is 69.7 Å². The summed E-state index contributed by atoms with van der Waals surface area (Å²) in [6.45, 7) is 0.724. The fraction of sp³-hybridized carbons (Fsp3) is 0.708. The van der Waals surface area contributed by atoms with Crippen LogP contribution in [0.1, 0.15) is 56.9 Å². The summed E-state index contributed by atoms with van der Waals surface area (Å²) in [5, 5.41) is 3.04. The van der Waals surface area contributed by atoms with Crippen LogP contribution in [0.2, 0.25) is 0 Å². The van der Waals surface area contributed by atoms with Crippen LogP contribution in [-0.2, 0) is 20.4 Å². The third-order valence-electron chi connectivity index (χ3n) is 8.35. The molecule has 0 spiro atoms. The highest BCUT2D eigenvalue weighted by Crippen LogP contribution is 2.60. The summed E-state index contributed by atoms with van der Waals surface area (Å²) in [4.78, 5) is 12.9. The summed E-state index contributed by atoms with van der Waals surface area (Å²) in [5.74, 6) is 2.35. The molecule has 5 fully saturated rings. The Bertz CT molecular complexity index is 906. The number of benzene rings is 1. The van der Waals surface area contributed by atoms with Crippen molar-refractivity contribution >= 4 is 21.8 Å². The fourth-order valence-corrected chi connectivity index (χ4v) is 8.40. The molecule has 4 bridgehead atoms. The standard InChI is InChI=1S/C24H35N3O3S/c1-26(2)31(29,30)27-9-3-4-20(16-27)23(28)25-22-7-5-21(6-8-22)24-13-17-10-18(14-24)12-19(11-17)15-24/h5-8,17-20H,3-4,9-16H2,1-2H3,(H,25,28)/t17?,18?,19?,20-,24?/m0/s1. The Hall–Kier alpha value is -1.44. The van der Waals surface area contributed by atoms with Crippen LogP contribution < -0.4 is 5.32 Å². The molecule has 1 aromatic rings. The lowest BCUT2D eigenvalue weighted by Gasteiger charge is -2.57. The van der Waals surface area contributed by atoms with Gasteiger partial charge in [-0.2, -0.15) is 17.0 Å². The van der Waals surface area contributed by atoms with Crippen molar-refractivity contribution in [1.82, 2.24) is 8.61 Å². The Morgan fingerprint density at radius 2 is 1.61 bits per heavy atom. The van der Waals surface area contributed by atoms with Crippen molar-refractivity contribution in [3.05, 3.63) is 29.8 Å². The van der Waals surface area contributed by atoms with Crippen LogP contribution in [0.4, 0.5) is 5.69 Å². The highest BCUT2D eigenvalue weighted by atomic mass is 32.2. The minimum absolute atomic E-state index is 0.0822. The quantitative estimate of drug-likeness (QED) is 0.753. The molecule has 0 aromatic heterocycles. The van der Waals surface area contributed by atoms with E-state index >= 15 is 0 Å². The first kappa shape index (κ1) is 21.4. The maximum Gasteiger partial charge on any atom is 0.281 e. The Balaban J connectivity index is 1.25. The van der Waals surface area contributed by atoms with Gasteiger partial charge in [0, 0.05) is 32.9 Å². The molecule has 1 N–H and O–H groups in total. The third kappa shape index (κ3) is 3.93. The lowest BCUT2D eigenvalue weighted by atomic mass is 9.48. The summed E-state index contributed by atoms with van der Waals surface area (Å²) in [5.41, 5.74) is 2.62. The normalized spacial score (nSPS) is 35.5. The van der Waals surface area contributed by atoms with E-state index in [1.54, 1.807) is 0 Å². The van der Waals surface area contributed by atoms with Crippen molar-refractivity contribution in [2.75, 3.05) is 32.5 Å². The second kappa shape index (κ2) is 7.85. The molecule has 1 aromatic carbocycles. The van der Waals surface area contributed by atoms with Crippen LogP contribution in [0.15, 0.2) is 24.3 Å². The Labute approximate surface area is 186 Å². The number of rotatable bonds is 5. The molecule has 0 radical (unpaired) electrons. The van der Waals surface area contributed by atoms with Gasteiger partial charge >= 0.3 is 0 Å². The molecule has 1 aliphatic heterocycles. The summed E-state index contributed by atoms with van der Waals surface area (Å²) in [7, 11) is -0.416. The zero-order chi connectivity index (χ0) is 21.8. The Kier molecular flexibility index (Phi) is 5.42. The van der Waals surface area contributed by atoms with Crippen molar-refractivity contribution in [2.45, 2.75) is 56.8 Å². The van der Waals surface area contributed by atoms with E-state index in [4.69, 9.17) is 0 Å². The van der Waals surface area contributed by atoms with Gasteiger partial charge in [0.2, 0.25) is 5.91 Å². The molecule has 7 heteroatoms. The van der Waals surface area contributed by atoms with E-state index in [9.17, 15) is 13.2 Å². The molecule has 4 saturated carbocycles. The van der Waals surface area contributed by atoms with Crippen molar-refractivity contribution in [2.24, 2.45) is 23.7 Å². The average molecular weight is 446 g/mol. The van der Waals surface area contributed by atoms with E-state index in [0.29, 0.717) is 18.4 Å². The average Bonchev–Trinajstić information content (AvgIpc) is 2.73. The van der Waals surface area contributed by atoms with Crippen molar-refractivity contribution in [3.8, 4) is 0 Å². The van der Waals surface area contributed by atoms with Crippen LogP contribution >= 0.6 is 0 Å². The van der Waals surface area contributed by atoms with Crippen LogP contribution in [0.5, 0.6) is 0 Å². The van der Waals surface area contributed by atoms with Gasteiger partial charge in [0.1, 0.15) is 0 Å². The van der Waals surface area contributed by atoms with Gasteiger partial charge in [-0.3, -0.25) is 4.79 Å². The first-order valence-corrected chi connectivity index (χ1v) is 13.2. The summed E-state index contributed by atoms with van der Waals surface area (Å²) in [6.07, 6.45) is 9.75. The number of amides is 1. The molecule has 5 aliphatic rings. The van der Waals surface area contributed by atoms with Gasteiger partial charge in [0.25, 0.3) is 10.2 Å². The van der Waals surface area contributed by atoms with Gasteiger partial charge < -0.3 is 5.32 Å². The van der Waals surface area contributed by atoms with Crippen molar-refractivity contribution < 1.29 is 13.2 Å². The van der Waals surface area contributed by atoms with Crippen LogP contribution in [0.3, 0.4) is 0 Å². The molecule has 1 heterocycles. The predicted molar refractivity (Wildman–Crippen MR) is 122 cm³/mol. The van der Waals surface area contributed by atoms with Crippen LogP contribution in [0.25, 0.3) is 0 Å². The van der Waals surface area contributed by atoms with Gasteiger partial charge in [0.05, 0.1) is 5.92 Å². The zero-order valence-electron chi connectivity index (χ0n) is 18.7. The first-order chi connectivity index (χ1) is 14.7. The number of nitrogens with zero attached hydrogens (tertiary/aromatic N) is 2. The van der Waals surface area contributed by atoms with Crippen molar-refractivity contribution in [1.29, 1.82) is 0 Å². The Morgan fingerprint density at radius 3 is 2.16 bits per heavy atom. The summed E-state index contributed by atoms with van der Waals surface area (Å²) in [6, 6.07) is 8.55. The molecule has 1 amide bonds. The molecule has 4 aliphatic carbocycles. The summed E-state index contributed by atoms with van der Waals surface area (Å²) < 4.78 is 27.5. The molecule has 1 saturated heterocycles. The van der Waals surface area contributed by atoms with Gasteiger partial charge in [-0.05, 0) is 92.2 Å². The molecular formula is C24H35N3O3S. The minimum atomic E-state index is -3.48. The maximum absolute atomic E-state index is 12.9. The van der Waals surface area contributed by atoms with Gasteiger partial charge in [-0.15, -0.1) is 0 Å². The van der Waals surface area contributed by atoms with Gasteiger partial charge in [-0.1, -0.05) is 12.1 Å². The van der Waals surface area contributed by atoms with E-state index in [1.807, 2.05) is 12.1 Å². The van der Waals surface area contributed by atoms with Crippen LogP contribution in [0, 0.1) is 23.7 Å². The van der Waals surface area contributed by atoms with Crippen LogP contribution in [-0.4, -0.2) is 50.1 Å². The molecule has 6 nitrogen and oxygen atoms in total. The molecular weight excluding hydrogens is 410 g/mol. The number of anilines is 1. The lowest BCUT2D eigenvalue weighted by molar-refractivity contribution is -0.120. The number of piperidine rings is 1. The zero-order valence-corrected chi connectivity index (χ0v) is 19.5. The molecule has 31 heavy (non-hydrogen) atoms. The third-order valence-corrected chi connectivity index (χ3v) is 10.3. The predicted octanol–water partition coefficient (Wildman–Crippen LogP) is 3.61. The number of carbonyl (C=O) groups excluding carboxylic acids is 1. The molecule has 0 unspecified atom stereocenters. The number of hydrogen-bond donors (Lipinski definition) is 1. The number of hydrogen-bond acceptors (Lipinski definition) is 3. The number of nitrogens with one attached hydrogen (secondary N) is 1. The largest absolute Gasteiger partial charge is 0.326 e. The van der Waals surface area contributed by atoms with E-state index in [-0.39, 0.29) is 18.4 Å². The van der Waals surface area contributed by atoms with E-state index in [0.717, 1.165) is 29.9 Å². The summed E-state index contributed by atoms with van der Waals surface area (Å²) >= 11 is 0. The monoisotopic (exact) mass is 445 g/mol. The highest BCUT2D eigenvalue weighted by molar-refractivity contribution is 7.86. The number of carbonyl (C=O) groups is 1. The first-order valence-electron chi connectivity index (χ1n) is 11.8. The van der Waals surface area contributed by atoms with E-state index in [2.05, 4.69) is 17.4 Å². The lowest BCUT2D eigenvalue weighted by Crippen LogP contribution is -2.48. The second-order valence-corrected chi connectivity index (χ2v) is 12.9. The van der Waals surface area contributed by atoms with Gasteiger partial charge in [0.15, 0.2) is 0 Å². The van der Waals surface area contributed by atoms with E-state index in [1.165, 1.54) is 66.8 Å². The molecule has 170 valence electrons. The Morgan fingerprint density at radius 1 is 1.03 bits per heavy atom. The minimum Gasteiger partial charge on any atom is -0.326 e. The maximum atomic E-state index is 12.9.